The summed E-state index contributed by atoms with van der Waals surface area (Å²) in [5.74, 6) is -1.06. The predicted molar refractivity (Wildman–Crippen MR) is 94.2 cm³/mol. The Morgan fingerprint density at radius 3 is 2.60 bits per heavy atom. The number of halogens is 2. The molecule has 6 nitrogen and oxygen atoms in total. The minimum Gasteiger partial charge on any atom is -0.493 e. The van der Waals surface area contributed by atoms with Gasteiger partial charge < -0.3 is 10.1 Å². The number of H-pyrrole nitrogens is 1. The van der Waals surface area contributed by atoms with Gasteiger partial charge in [-0.3, -0.25) is 5.43 Å². The minimum absolute atomic E-state index is 0.0662. The van der Waals surface area contributed by atoms with Crippen LogP contribution in [-0.2, 0) is 0 Å². The standard InChI is InChI=1S/C16H11F2N5OS/c17-10-3-1-9(2-4-10)8-19-22-16(25)23-21-14-12-7-11(18)5-6-13(12)20-15(14)24/h1-8,20,24H,(H,22,25)/b19-8+,23-21?. The summed E-state index contributed by atoms with van der Waals surface area (Å²) >= 11 is 4.94. The summed E-state index contributed by atoms with van der Waals surface area (Å²) < 4.78 is 26.1. The molecule has 25 heavy (non-hydrogen) atoms. The third-order valence-electron chi connectivity index (χ3n) is 3.20. The summed E-state index contributed by atoms with van der Waals surface area (Å²) in [5.41, 5.74) is 3.72. The van der Waals surface area contributed by atoms with Gasteiger partial charge in [-0.15, -0.1) is 10.2 Å². The average Bonchev–Trinajstić information content (AvgIpc) is 2.89. The summed E-state index contributed by atoms with van der Waals surface area (Å²) in [4.78, 5) is 2.66. The number of nitrogens with zero attached hydrogens (tertiary/aromatic N) is 3. The Hall–Kier alpha value is -3.20. The lowest BCUT2D eigenvalue weighted by molar-refractivity contribution is 0.459. The number of hydrogen-bond donors (Lipinski definition) is 3. The normalized spacial score (nSPS) is 11.6. The lowest BCUT2D eigenvalue weighted by Gasteiger charge is -1.96. The number of aromatic hydroxyl groups is 1. The molecule has 0 atom stereocenters. The fourth-order valence-electron chi connectivity index (χ4n) is 2.07. The largest absolute Gasteiger partial charge is 0.493 e. The van der Waals surface area contributed by atoms with E-state index in [4.69, 9.17) is 12.2 Å². The van der Waals surface area contributed by atoms with Crippen LogP contribution in [0.3, 0.4) is 0 Å². The van der Waals surface area contributed by atoms with Crippen LogP contribution >= 0.6 is 12.2 Å². The predicted octanol–water partition coefficient (Wildman–Crippen LogP) is 4.14. The van der Waals surface area contributed by atoms with Crippen molar-refractivity contribution in [3.8, 4) is 5.88 Å². The first kappa shape index (κ1) is 16.7. The summed E-state index contributed by atoms with van der Waals surface area (Å²) in [6, 6.07) is 9.66. The van der Waals surface area contributed by atoms with E-state index >= 15 is 0 Å². The molecule has 3 rings (SSSR count). The lowest BCUT2D eigenvalue weighted by atomic mass is 10.2. The summed E-state index contributed by atoms with van der Waals surface area (Å²) in [7, 11) is 0. The second-order valence-corrected chi connectivity index (χ2v) is 5.33. The van der Waals surface area contributed by atoms with E-state index in [1.165, 1.54) is 36.5 Å². The molecule has 0 unspecified atom stereocenters. The SMILES string of the molecule is Oc1[nH]c2ccc(F)cc2c1N=NC(=S)N/N=C/c1ccc(F)cc1. The van der Waals surface area contributed by atoms with Gasteiger partial charge in [0.1, 0.15) is 11.6 Å². The Morgan fingerprint density at radius 2 is 1.84 bits per heavy atom. The maximum absolute atomic E-state index is 13.3. The Balaban J connectivity index is 1.69. The van der Waals surface area contributed by atoms with Crippen LogP contribution in [0.15, 0.2) is 57.8 Å². The van der Waals surface area contributed by atoms with Gasteiger partial charge in [0.05, 0.1) is 11.7 Å². The van der Waals surface area contributed by atoms with Gasteiger partial charge in [-0.1, -0.05) is 12.1 Å². The first-order valence-corrected chi connectivity index (χ1v) is 7.44. The highest BCUT2D eigenvalue weighted by Crippen LogP contribution is 2.35. The second kappa shape index (κ2) is 7.14. The van der Waals surface area contributed by atoms with E-state index in [-0.39, 0.29) is 22.5 Å². The van der Waals surface area contributed by atoms with Crippen LogP contribution in [0.1, 0.15) is 5.56 Å². The third kappa shape index (κ3) is 4.01. The maximum Gasteiger partial charge on any atom is 0.234 e. The van der Waals surface area contributed by atoms with Crippen molar-refractivity contribution in [2.24, 2.45) is 15.3 Å². The van der Waals surface area contributed by atoms with E-state index in [0.717, 1.165) is 0 Å². The molecule has 0 saturated carbocycles. The molecule has 0 radical (unpaired) electrons. The van der Waals surface area contributed by atoms with Crippen molar-refractivity contribution in [2.45, 2.75) is 0 Å². The van der Waals surface area contributed by atoms with Crippen molar-refractivity contribution < 1.29 is 13.9 Å². The van der Waals surface area contributed by atoms with Crippen molar-refractivity contribution in [3.05, 3.63) is 59.7 Å². The zero-order chi connectivity index (χ0) is 17.8. The number of nitrogens with one attached hydrogen (secondary N) is 2. The first-order valence-electron chi connectivity index (χ1n) is 7.03. The Morgan fingerprint density at radius 1 is 1.12 bits per heavy atom. The summed E-state index contributed by atoms with van der Waals surface area (Å²) in [6.07, 6.45) is 1.43. The van der Waals surface area contributed by atoms with E-state index in [1.54, 1.807) is 12.1 Å². The Bertz CT molecular complexity index is 982. The van der Waals surface area contributed by atoms with Gasteiger partial charge in [-0.2, -0.15) is 5.10 Å². The number of rotatable bonds is 3. The van der Waals surface area contributed by atoms with Gasteiger partial charge in [-0.05, 0) is 48.1 Å². The molecule has 0 fully saturated rings. The van der Waals surface area contributed by atoms with Crippen molar-refractivity contribution in [1.29, 1.82) is 0 Å². The van der Waals surface area contributed by atoms with E-state index in [0.29, 0.717) is 16.5 Å². The van der Waals surface area contributed by atoms with Crippen molar-refractivity contribution >= 4 is 40.1 Å². The molecule has 1 heterocycles. The molecule has 0 saturated heterocycles. The number of thiocarbonyl (C=S) groups is 1. The molecule has 0 amide bonds. The van der Waals surface area contributed by atoms with Crippen LogP contribution in [0.5, 0.6) is 5.88 Å². The average molecular weight is 359 g/mol. The number of aromatic amines is 1. The van der Waals surface area contributed by atoms with Crippen LogP contribution in [0.2, 0.25) is 0 Å². The maximum atomic E-state index is 13.3. The molecule has 1 aromatic heterocycles. The first-order chi connectivity index (χ1) is 12.0. The Labute approximate surface area is 145 Å². The zero-order valence-electron chi connectivity index (χ0n) is 12.6. The molecule has 0 aliphatic heterocycles. The fraction of sp³-hybridized carbons (Fsp3) is 0. The van der Waals surface area contributed by atoms with Gasteiger partial charge in [0, 0.05) is 5.39 Å². The van der Waals surface area contributed by atoms with Crippen LogP contribution in [0.25, 0.3) is 10.9 Å². The zero-order valence-corrected chi connectivity index (χ0v) is 13.4. The van der Waals surface area contributed by atoms with Gasteiger partial charge in [0.25, 0.3) is 0 Å². The number of aromatic nitrogens is 1. The highest BCUT2D eigenvalue weighted by atomic mass is 32.1. The quantitative estimate of drug-likeness (QED) is 0.284. The van der Waals surface area contributed by atoms with Crippen molar-refractivity contribution in [2.75, 3.05) is 0 Å². The molecular formula is C16H11F2N5OS. The van der Waals surface area contributed by atoms with E-state index in [1.807, 2.05) is 0 Å². The fourth-order valence-corrected chi connectivity index (χ4v) is 2.16. The highest BCUT2D eigenvalue weighted by molar-refractivity contribution is 7.80. The van der Waals surface area contributed by atoms with E-state index in [9.17, 15) is 13.9 Å². The monoisotopic (exact) mass is 359 g/mol. The number of hydrogen-bond acceptors (Lipinski definition) is 4. The number of fused-ring (bicyclic) bond motifs is 1. The van der Waals surface area contributed by atoms with E-state index in [2.05, 4.69) is 25.7 Å². The molecule has 0 aliphatic rings. The summed E-state index contributed by atoms with van der Waals surface area (Å²) in [6.45, 7) is 0. The molecule has 9 heteroatoms. The smallest absolute Gasteiger partial charge is 0.234 e. The lowest BCUT2D eigenvalue weighted by Crippen LogP contribution is -2.11. The van der Waals surface area contributed by atoms with Gasteiger partial charge in [0.15, 0.2) is 5.69 Å². The van der Waals surface area contributed by atoms with Gasteiger partial charge in [-0.25, -0.2) is 8.78 Å². The third-order valence-corrected chi connectivity index (χ3v) is 3.37. The molecule has 0 aliphatic carbocycles. The van der Waals surface area contributed by atoms with Crippen LogP contribution in [-0.4, -0.2) is 21.4 Å². The van der Waals surface area contributed by atoms with Crippen LogP contribution < -0.4 is 5.43 Å². The number of benzene rings is 2. The van der Waals surface area contributed by atoms with Gasteiger partial charge >= 0.3 is 0 Å². The molecule has 2 aromatic carbocycles. The Kier molecular flexibility index (Phi) is 4.75. The summed E-state index contributed by atoms with van der Waals surface area (Å²) in [5, 5.41) is 21.5. The second-order valence-electron chi connectivity index (χ2n) is 4.94. The van der Waals surface area contributed by atoms with Crippen LogP contribution in [0.4, 0.5) is 14.5 Å². The van der Waals surface area contributed by atoms with Gasteiger partial charge in [0.2, 0.25) is 11.0 Å². The minimum atomic E-state index is -0.465. The van der Waals surface area contributed by atoms with Crippen molar-refractivity contribution in [1.82, 2.24) is 10.4 Å². The van der Waals surface area contributed by atoms with Crippen molar-refractivity contribution in [3.63, 3.8) is 0 Å². The molecule has 0 bridgehead atoms. The van der Waals surface area contributed by atoms with Crippen LogP contribution in [0, 0.1) is 11.6 Å². The number of azo groups is 1. The number of hydrazone groups is 1. The topological polar surface area (TPSA) is 85.1 Å². The molecule has 3 aromatic rings. The molecular weight excluding hydrogens is 348 g/mol. The van der Waals surface area contributed by atoms with E-state index < -0.39 is 5.82 Å². The highest BCUT2D eigenvalue weighted by Gasteiger charge is 2.11. The molecule has 126 valence electrons. The molecule has 0 spiro atoms. The molecule has 3 N–H and O–H groups in total.